The Morgan fingerprint density at radius 3 is 2.60 bits per heavy atom. The summed E-state index contributed by atoms with van der Waals surface area (Å²) in [6.07, 6.45) is 0. The quantitative estimate of drug-likeness (QED) is 0.738. The third kappa shape index (κ3) is 5.61. The number of Topliss-reactive ketones (excluding diaryl/α,β-unsaturated/α-hetero) is 1. The van der Waals surface area contributed by atoms with E-state index >= 15 is 0 Å². The molecule has 0 aliphatic rings. The molecule has 1 aromatic carbocycles. The average molecular weight is 362 g/mol. The van der Waals surface area contributed by atoms with Crippen LogP contribution in [0, 0.1) is 0 Å². The number of imide groups is 1. The van der Waals surface area contributed by atoms with Crippen LogP contribution >= 0.6 is 11.3 Å². The van der Waals surface area contributed by atoms with Gasteiger partial charge in [0.05, 0.1) is 13.7 Å². The molecule has 0 saturated heterocycles. The lowest BCUT2D eigenvalue weighted by atomic mass is 10.1. The molecule has 0 aliphatic heterocycles. The zero-order valence-corrected chi connectivity index (χ0v) is 14.6. The van der Waals surface area contributed by atoms with Gasteiger partial charge in [0.25, 0.3) is 5.91 Å². The number of amides is 3. The molecule has 0 radical (unpaired) electrons. The van der Waals surface area contributed by atoms with Crippen molar-refractivity contribution in [3.8, 4) is 11.5 Å². The van der Waals surface area contributed by atoms with Gasteiger partial charge in [0, 0.05) is 10.4 Å². The minimum atomic E-state index is -0.596. The Morgan fingerprint density at radius 2 is 1.96 bits per heavy atom. The molecule has 0 bridgehead atoms. The van der Waals surface area contributed by atoms with E-state index in [4.69, 9.17) is 9.47 Å². The van der Waals surface area contributed by atoms with Gasteiger partial charge >= 0.3 is 6.03 Å². The summed E-state index contributed by atoms with van der Waals surface area (Å²) in [5, 5.41) is 6.66. The SMILES string of the molecule is COc1cc(C(C)=O)ccc1OCC(=O)NC(=O)NCc1cccs1. The summed E-state index contributed by atoms with van der Waals surface area (Å²) >= 11 is 1.51. The predicted molar refractivity (Wildman–Crippen MR) is 93.2 cm³/mol. The fourth-order valence-electron chi connectivity index (χ4n) is 1.94. The van der Waals surface area contributed by atoms with Crippen LogP contribution in [0.25, 0.3) is 0 Å². The van der Waals surface area contributed by atoms with E-state index in [1.54, 1.807) is 12.1 Å². The number of ether oxygens (including phenoxy) is 2. The Hall–Kier alpha value is -2.87. The highest BCUT2D eigenvalue weighted by Crippen LogP contribution is 2.28. The summed E-state index contributed by atoms with van der Waals surface area (Å²) in [6, 6.07) is 7.81. The molecule has 1 heterocycles. The molecule has 0 aliphatic carbocycles. The molecule has 0 spiro atoms. The Balaban J connectivity index is 1.83. The third-order valence-electron chi connectivity index (χ3n) is 3.19. The number of ketones is 1. The number of urea groups is 1. The number of methoxy groups -OCH3 is 1. The van der Waals surface area contributed by atoms with Crippen LogP contribution in [0.2, 0.25) is 0 Å². The van der Waals surface area contributed by atoms with Crippen molar-refractivity contribution in [3.63, 3.8) is 0 Å². The fraction of sp³-hybridized carbons (Fsp3) is 0.235. The second-order valence-corrected chi connectivity index (χ2v) is 6.05. The van der Waals surface area contributed by atoms with E-state index in [-0.39, 0.29) is 12.4 Å². The summed E-state index contributed by atoms with van der Waals surface area (Å²) in [6.45, 7) is 1.43. The summed E-state index contributed by atoms with van der Waals surface area (Å²) in [5.74, 6) is -0.0596. The number of nitrogens with one attached hydrogen (secondary N) is 2. The van der Waals surface area contributed by atoms with Gasteiger partial charge in [0.2, 0.25) is 0 Å². The van der Waals surface area contributed by atoms with Crippen LogP contribution in [0.1, 0.15) is 22.2 Å². The monoisotopic (exact) mass is 362 g/mol. The van der Waals surface area contributed by atoms with Gasteiger partial charge in [0.1, 0.15) is 0 Å². The first-order valence-corrected chi connectivity index (χ1v) is 8.29. The van der Waals surface area contributed by atoms with Crippen LogP contribution < -0.4 is 20.1 Å². The van der Waals surface area contributed by atoms with Gasteiger partial charge in [0.15, 0.2) is 23.9 Å². The Labute approximate surface area is 148 Å². The smallest absolute Gasteiger partial charge is 0.321 e. The number of carbonyl (C=O) groups is 3. The van der Waals surface area contributed by atoms with Crippen LogP contribution in [0.5, 0.6) is 11.5 Å². The van der Waals surface area contributed by atoms with Crippen molar-refractivity contribution in [1.82, 2.24) is 10.6 Å². The molecular formula is C17H18N2O5S. The molecular weight excluding hydrogens is 344 g/mol. The highest BCUT2D eigenvalue weighted by Gasteiger charge is 2.12. The van der Waals surface area contributed by atoms with Gasteiger partial charge in [-0.2, -0.15) is 0 Å². The normalized spacial score (nSPS) is 10.0. The minimum absolute atomic E-state index is 0.106. The maximum atomic E-state index is 11.8. The fourth-order valence-corrected chi connectivity index (χ4v) is 2.58. The topological polar surface area (TPSA) is 93.7 Å². The lowest BCUT2D eigenvalue weighted by molar-refractivity contribution is -0.122. The first kappa shape index (κ1) is 18.5. The van der Waals surface area contributed by atoms with E-state index in [1.165, 1.54) is 31.4 Å². The number of rotatable bonds is 7. The van der Waals surface area contributed by atoms with Crippen LogP contribution in [-0.2, 0) is 11.3 Å². The molecule has 0 unspecified atom stereocenters. The number of hydrogen-bond acceptors (Lipinski definition) is 6. The molecule has 2 rings (SSSR count). The molecule has 0 fully saturated rings. The van der Waals surface area contributed by atoms with E-state index in [2.05, 4.69) is 10.6 Å². The number of benzene rings is 1. The van der Waals surface area contributed by atoms with Crippen molar-refractivity contribution in [2.75, 3.05) is 13.7 Å². The van der Waals surface area contributed by atoms with Crippen LogP contribution in [-0.4, -0.2) is 31.4 Å². The molecule has 132 valence electrons. The third-order valence-corrected chi connectivity index (χ3v) is 4.06. The van der Waals surface area contributed by atoms with Gasteiger partial charge in [-0.3, -0.25) is 14.9 Å². The van der Waals surface area contributed by atoms with Crippen molar-refractivity contribution in [2.24, 2.45) is 0 Å². The average Bonchev–Trinajstić information content (AvgIpc) is 3.11. The first-order chi connectivity index (χ1) is 12.0. The van der Waals surface area contributed by atoms with Crippen LogP contribution in [0.3, 0.4) is 0 Å². The first-order valence-electron chi connectivity index (χ1n) is 7.41. The molecule has 8 heteroatoms. The van der Waals surface area contributed by atoms with Crippen molar-refractivity contribution in [1.29, 1.82) is 0 Å². The molecule has 0 saturated carbocycles. The summed E-state index contributed by atoms with van der Waals surface area (Å²) in [5.41, 5.74) is 0.474. The van der Waals surface area contributed by atoms with Gasteiger partial charge in [-0.25, -0.2) is 4.79 Å². The highest BCUT2D eigenvalue weighted by atomic mass is 32.1. The predicted octanol–water partition coefficient (Wildman–Crippen LogP) is 2.36. The molecule has 2 N–H and O–H groups in total. The van der Waals surface area contributed by atoms with E-state index < -0.39 is 11.9 Å². The summed E-state index contributed by atoms with van der Waals surface area (Å²) < 4.78 is 10.5. The molecule has 25 heavy (non-hydrogen) atoms. The van der Waals surface area contributed by atoms with E-state index in [9.17, 15) is 14.4 Å². The zero-order valence-electron chi connectivity index (χ0n) is 13.8. The van der Waals surface area contributed by atoms with Crippen molar-refractivity contribution >= 4 is 29.1 Å². The molecule has 7 nitrogen and oxygen atoms in total. The maximum absolute atomic E-state index is 11.8. The Bertz CT molecular complexity index is 758. The highest BCUT2D eigenvalue weighted by molar-refractivity contribution is 7.09. The van der Waals surface area contributed by atoms with E-state index in [1.807, 2.05) is 17.5 Å². The number of hydrogen-bond donors (Lipinski definition) is 2. The van der Waals surface area contributed by atoms with Gasteiger partial charge in [-0.05, 0) is 36.6 Å². The Morgan fingerprint density at radius 1 is 1.16 bits per heavy atom. The van der Waals surface area contributed by atoms with Crippen LogP contribution in [0.15, 0.2) is 35.7 Å². The lowest BCUT2D eigenvalue weighted by Crippen LogP contribution is -2.41. The zero-order chi connectivity index (χ0) is 18.2. The number of carbonyl (C=O) groups excluding carboxylic acids is 3. The minimum Gasteiger partial charge on any atom is -0.493 e. The van der Waals surface area contributed by atoms with E-state index in [0.29, 0.717) is 23.6 Å². The van der Waals surface area contributed by atoms with Crippen LogP contribution in [0.4, 0.5) is 4.79 Å². The maximum Gasteiger partial charge on any atom is 0.321 e. The largest absolute Gasteiger partial charge is 0.493 e. The van der Waals surface area contributed by atoms with Gasteiger partial charge in [-0.1, -0.05) is 6.07 Å². The molecule has 0 atom stereocenters. The van der Waals surface area contributed by atoms with Gasteiger partial charge < -0.3 is 14.8 Å². The number of thiophene rings is 1. The van der Waals surface area contributed by atoms with Crippen molar-refractivity contribution in [3.05, 3.63) is 46.2 Å². The summed E-state index contributed by atoms with van der Waals surface area (Å²) in [7, 11) is 1.43. The van der Waals surface area contributed by atoms with Gasteiger partial charge in [-0.15, -0.1) is 11.3 Å². The molecule has 2 aromatic rings. The molecule has 1 aromatic heterocycles. The lowest BCUT2D eigenvalue weighted by Gasteiger charge is -2.11. The standard InChI is InChI=1S/C17H18N2O5S/c1-11(20)12-5-6-14(15(8-12)23-2)24-10-16(21)19-17(22)18-9-13-4-3-7-25-13/h3-8H,9-10H2,1-2H3,(H2,18,19,21,22). The second-order valence-electron chi connectivity index (χ2n) is 5.02. The van der Waals surface area contributed by atoms with Crippen molar-refractivity contribution < 1.29 is 23.9 Å². The Kier molecular flexibility index (Phi) is 6.53. The van der Waals surface area contributed by atoms with E-state index in [0.717, 1.165) is 4.88 Å². The second kappa shape index (κ2) is 8.84. The van der Waals surface area contributed by atoms with Crippen molar-refractivity contribution in [2.45, 2.75) is 13.5 Å². The summed E-state index contributed by atoms with van der Waals surface area (Å²) in [4.78, 5) is 35.8. The molecule has 3 amide bonds.